The quantitative estimate of drug-likeness (QED) is 0.303. The van der Waals surface area contributed by atoms with Gasteiger partial charge in [-0.3, -0.25) is 5.43 Å². The normalized spacial score (nSPS) is 13.0. The van der Waals surface area contributed by atoms with Crippen molar-refractivity contribution in [2.45, 2.75) is 25.4 Å². The number of anilines is 1. The van der Waals surface area contributed by atoms with E-state index < -0.39 is 6.03 Å². The van der Waals surface area contributed by atoms with Crippen LogP contribution < -0.4 is 31.6 Å². The van der Waals surface area contributed by atoms with E-state index in [0.29, 0.717) is 16.8 Å². The van der Waals surface area contributed by atoms with Gasteiger partial charge in [-0.2, -0.15) is 0 Å². The zero-order chi connectivity index (χ0) is 21.1. The van der Waals surface area contributed by atoms with E-state index in [1.54, 1.807) is 13.2 Å². The highest BCUT2D eigenvalue weighted by Gasteiger charge is 2.29. The van der Waals surface area contributed by atoms with Crippen LogP contribution in [0.25, 0.3) is 11.3 Å². The van der Waals surface area contributed by atoms with E-state index in [2.05, 4.69) is 16.5 Å². The van der Waals surface area contributed by atoms with Gasteiger partial charge in [-0.15, -0.1) is 0 Å². The summed E-state index contributed by atoms with van der Waals surface area (Å²) in [6.45, 7) is 0.242. The number of hydrazine groups is 2. The highest BCUT2D eigenvalue weighted by molar-refractivity contribution is 7.11. The molecule has 3 aromatic rings. The van der Waals surface area contributed by atoms with Gasteiger partial charge in [0.1, 0.15) is 12.4 Å². The molecule has 0 saturated heterocycles. The Kier molecular flexibility index (Phi) is 5.84. The SMILES string of the molecule is COc1ccccc1-c1csc(OCc2c(C3CC3)cccc2N(N)C(=O)NN)n1. The molecule has 1 fully saturated rings. The van der Waals surface area contributed by atoms with Gasteiger partial charge in [0.25, 0.3) is 5.19 Å². The Balaban J connectivity index is 1.58. The lowest BCUT2D eigenvalue weighted by atomic mass is 10.0. The fourth-order valence-electron chi connectivity index (χ4n) is 3.37. The first-order valence-corrected chi connectivity index (χ1v) is 10.4. The minimum atomic E-state index is -0.600. The van der Waals surface area contributed by atoms with Gasteiger partial charge >= 0.3 is 6.03 Å². The Morgan fingerprint density at radius 2 is 2.07 bits per heavy atom. The van der Waals surface area contributed by atoms with E-state index in [1.165, 1.54) is 11.3 Å². The second kappa shape index (κ2) is 8.70. The van der Waals surface area contributed by atoms with Gasteiger partial charge in [0.2, 0.25) is 0 Å². The Morgan fingerprint density at radius 3 is 2.80 bits per heavy atom. The number of ether oxygens (including phenoxy) is 2. The molecule has 1 saturated carbocycles. The van der Waals surface area contributed by atoms with Crippen LogP contribution in [-0.2, 0) is 6.61 Å². The zero-order valence-electron chi connectivity index (χ0n) is 16.5. The molecular formula is C21H23N5O3S. The highest BCUT2D eigenvalue weighted by Crippen LogP contribution is 2.44. The third-order valence-corrected chi connectivity index (χ3v) is 5.76. The van der Waals surface area contributed by atoms with Crippen LogP contribution in [0, 0.1) is 0 Å². The Morgan fingerprint density at radius 1 is 1.27 bits per heavy atom. The number of nitrogens with one attached hydrogen (secondary N) is 1. The van der Waals surface area contributed by atoms with E-state index in [9.17, 15) is 4.79 Å². The molecule has 1 aromatic heterocycles. The molecule has 30 heavy (non-hydrogen) atoms. The summed E-state index contributed by atoms with van der Waals surface area (Å²) in [5, 5.41) is 3.46. The van der Waals surface area contributed by atoms with Crippen molar-refractivity contribution < 1.29 is 14.3 Å². The number of methoxy groups -OCH3 is 1. The highest BCUT2D eigenvalue weighted by atomic mass is 32.1. The molecule has 8 nitrogen and oxygen atoms in total. The maximum atomic E-state index is 12.0. The average molecular weight is 426 g/mol. The molecule has 156 valence electrons. The van der Waals surface area contributed by atoms with E-state index in [-0.39, 0.29) is 6.61 Å². The fraction of sp³-hybridized carbons (Fsp3) is 0.238. The summed E-state index contributed by atoms with van der Waals surface area (Å²) in [6.07, 6.45) is 2.22. The first kappa shape index (κ1) is 20.1. The number of hydrogen-bond acceptors (Lipinski definition) is 7. The van der Waals surface area contributed by atoms with Crippen molar-refractivity contribution in [1.82, 2.24) is 10.4 Å². The first-order valence-electron chi connectivity index (χ1n) is 9.51. The number of carbonyl (C=O) groups is 1. The summed E-state index contributed by atoms with van der Waals surface area (Å²) in [5.74, 6) is 12.4. The molecule has 5 N–H and O–H groups in total. The van der Waals surface area contributed by atoms with Crippen molar-refractivity contribution in [3.63, 3.8) is 0 Å². The van der Waals surface area contributed by atoms with Crippen LogP contribution in [0.3, 0.4) is 0 Å². The molecule has 4 rings (SSSR count). The van der Waals surface area contributed by atoms with Gasteiger partial charge < -0.3 is 9.47 Å². The summed E-state index contributed by atoms with van der Waals surface area (Å²) < 4.78 is 11.4. The topological polar surface area (TPSA) is 116 Å². The van der Waals surface area contributed by atoms with Crippen LogP contribution in [0.5, 0.6) is 10.9 Å². The Hall–Kier alpha value is -3.14. The van der Waals surface area contributed by atoms with Crippen molar-refractivity contribution in [2.75, 3.05) is 12.1 Å². The molecule has 0 bridgehead atoms. The number of para-hydroxylation sites is 1. The number of benzene rings is 2. The van der Waals surface area contributed by atoms with Crippen LogP contribution >= 0.6 is 11.3 Å². The Labute approximate surface area is 178 Å². The number of aromatic nitrogens is 1. The molecule has 1 aliphatic rings. The van der Waals surface area contributed by atoms with Gasteiger partial charge in [0.15, 0.2) is 0 Å². The molecular weight excluding hydrogens is 402 g/mol. The first-order chi connectivity index (χ1) is 14.6. The molecule has 0 aliphatic heterocycles. The van der Waals surface area contributed by atoms with Gasteiger partial charge in [-0.25, -0.2) is 26.5 Å². The number of thiazole rings is 1. The van der Waals surface area contributed by atoms with Crippen molar-refractivity contribution in [2.24, 2.45) is 11.7 Å². The number of urea groups is 1. The molecule has 0 radical (unpaired) electrons. The van der Waals surface area contributed by atoms with Gasteiger partial charge in [-0.05, 0) is 42.5 Å². The number of rotatable bonds is 7. The number of amides is 2. The van der Waals surface area contributed by atoms with Gasteiger partial charge in [0.05, 0.1) is 18.5 Å². The minimum Gasteiger partial charge on any atom is -0.496 e. The number of nitrogens with two attached hydrogens (primary N) is 2. The van der Waals surface area contributed by atoms with Crippen molar-refractivity contribution >= 4 is 23.1 Å². The molecule has 0 unspecified atom stereocenters. The summed E-state index contributed by atoms with van der Waals surface area (Å²) in [5.41, 5.74) is 6.30. The smallest absolute Gasteiger partial charge is 0.350 e. The summed E-state index contributed by atoms with van der Waals surface area (Å²) >= 11 is 1.40. The van der Waals surface area contributed by atoms with Crippen molar-refractivity contribution in [1.29, 1.82) is 0 Å². The number of nitrogens with zero attached hydrogens (tertiary/aromatic N) is 2. The maximum absolute atomic E-state index is 12.0. The second-order valence-electron chi connectivity index (χ2n) is 6.93. The van der Waals surface area contributed by atoms with Gasteiger partial charge in [0, 0.05) is 16.5 Å². The second-order valence-corrected chi connectivity index (χ2v) is 7.75. The molecule has 1 heterocycles. The molecule has 2 amide bonds. The van der Waals surface area contributed by atoms with Crippen LogP contribution in [0.4, 0.5) is 10.5 Å². The molecule has 2 aromatic carbocycles. The number of hydrogen-bond donors (Lipinski definition) is 3. The van der Waals surface area contributed by atoms with Crippen molar-refractivity contribution in [3.8, 4) is 22.2 Å². The van der Waals surface area contributed by atoms with Crippen LogP contribution in [0.1, 0.15) is 29.9 Å². The molecule has 0 spiro atoms. The van der Waals surface area contributed by atoms with Crippen LogP contribution in [0.2, 0.25) is 0 Å². The molecule has 1 aliphatic carbocycles. The summed E-state index contributed by atoms with van der Waals surface area (Å²) in [6, 6.07) is 12.8. The minimum absolute atomic E-state index is 0.242. The lowest BCUT2D eigenvalue weighted by Crippen LogP contribution is -2.48. The lowest BCUT2D eigenvalue weighted by Gasteiger charge is -2.21. The monoisotopic (exact) mass is 425 g/mol. The summed E-state index contributed by atoms with van der Waals surface area (Å²) in [4.78, 5) is 16.6. The predicted octanol–water partition coefficient (Wildman–Crippen LogP) is 3.54. The molecule has 9 heteroatoms. The van der Waals surface area contributed by atoms with Crippen molar-refractivity contribution in [3.05, 3.63) is 59.0 Å². The Bertz CT molecular complexity index is 1050. The predicted molar refractivity (Wildman–Crippen MR) is 116 cm³/mol. The summed E-state index contributed by atoms with van der Waals surface area (Å²) in [7, 11) is 1.63. The third kappa shape index (κ3) is 4.09. The van der Waals surface area contributed by atoms with Crippen LogP contribution in [-0.4, -0.2) is 18.1 Å². The van der Waals surface area contributed by atoms with E-state index >= 15 is 0 Å². The third-order valence-electron chi connectivity index (χ3n) is 5.01. The maximum Gasteiger partial charge on any atom is 0.350 e. The van der Waals surface area contributed by atoms with E-state index in [4.69, 9.17) is 21.2 Å². The zero-order valence-corrected chi connectivity index (χ0v) is 17.3. The van der Waals surface area contributed by atoms with Gasteiger partial charge in [-0.1, -0.05) is 35.6 Å². The largest absolute Gasteiger partial charge is 0.496 e. The fourth-order valence-corrected chi connectivity index (χ4v) is 4.04. The van der Waals surface area contributed by atoms with Crippen LogP contribution in [0.15, 0.2) is 47.8 Å². The lowest BCUT2D eigenvalue weighted by molar-refractivity contribution is 0.246. The van der Waals surface area contributed by atoms with E-state index in [1.807, 2.05) is 35.7 Å². The average Bonchev–Trinajstić information content (AvgIpc) is 3.53. The standard InChI is InChI=1S/C21H23N5O3S/c1-28-19-8-3-2-5-15(19)17-12-30-21(24-17)29-11-16-14(13-9-10-13)6-4-7-18(16)26(23)20(27)25-22/h2-8,12-13H,9-11,22-23H2,1H3,(H,25,27). The number of carbonyl (C=O) groups excluding carboxylic acids is 1. The van der Waals surface area contributed by atoms with E-state index in [0.717, 1.165) is 46.0 Å². The molecule has 0 atom stereocenters.